The van der Waals surface area contributed by atoms with Crippen molar-refractivity contribution in [3.8, 4) is 0 Å². The second-order valence-corrected chi connectivity index (χ2v) is 5.75. The van der Waals surface area contributed by atoms with Gasteiger partial charge in [-0.05, 0) is 60.7 Å². The monoisotopic (exact) mass is 232 g/mol. The molecule has 2 aromatic rings. The van der Waals surface area contributed by atoms with E-state index in [9.17, 15) is 0 Å². The minimum absolute atomic E-state index is 1.45. The largest absolute Gasteiger partial charge is 0.138 e. The molecule has 0 unspecified atom stereocenters. The predicted octanol–water partition coefficient (Wildman–Crippen LogP) is -2.89. The van der Waals surface area contributed by atoms with E-state index in [1.54, 1.807) is 0 Å². The molecular weight excluding hydrogens is 211 g/mol. The van der Waals surface area contributed by atoms with E-state index in [-0.39, 0.29) is 0 Å². The third kappa shape index (κ3) is 1.58. The van der Waals surface area contributed by atoms with Gasteiger partial charge < -0.3 is 0 Å². The SMILES string of the molecule is Bc1c(B)c(C)c2c(C)c(B)c(B)c(C)c2c1C. The van der Waals surface area contributed by atoms with Crippen molar-refractivity contribution >= 4 is 64.0 Å². The van der Waals surface area contributed by atoms with E-state index >= 15 is 0 Å². The third-order valence-corrected chi connectivity index (χ3v) is 5.12. The van der Waals surface area contributed by atoms with Crippen molar-refractivity contribution in [2.24, 2.45) is 0 Å². The van der Waals surface area contributed by atoms with Crippen molar-refractivity contribution in [1.82, 2.24) is 0 Å². The zero-order valence-corrected chi connectivity index (χ0v) is 13.0. The van der Waals surface area contributed by atoms with Gasteiger partial charge in [-0.1, -0.05) is 21.9 Å². The van der Waals surface area contributed by atoms with Gasteiger partial charge in [0.05, 0.1) is 0 Å². The highest BCUT2D eigenvalue weighted by atomic mass is 14.2. The van der Waals surface area contributed by atoms with Crippen LogP contribution < -0.4 is 21.9 Å². The number of benzene rings is 2. The molecule has 88 valence electrons. The van der Waals surface area contributed by atoms with Gasteiger partial charge in [0.25, 0.3) is 0 Å². The molecule has 0 heterocycles. The second-order valence-electron chi connectivity index (χ2n) is 5.75. The van der Waals surface area contributed by atoms with Crippen molar-refractivity contribution in [2.45, 2.75) is 27.7 Å². The van der Waals surface area contributed by atoms with Gasteiger partial charge in [0, 0.05) is 0 Å². The number of hydrogen-bond acceptors (Lipinski definition) is 0. The first-order valence-corrected chi connectivity index (χ1v) is 6.75. The predicted molar refractivity (Wildman–Crippen MR) is 95.6 cm³/mol. The lowest BCUT2D eigenvalue weighted by molar-refractivity contribution is 1.45. The Morgan fingerprint density at radius 3 is 0.778 bits per heavy atom. The zero-order chi connectivity index (χ0) is 13.8. The first-order valence-electron chi connectivity index (χ1n) is 6.75. The summed E-state index contributed by atoms with van der Waals surface area (Å²) in [7, 11) is 9.00. The smallest absolute Gasteiger partial charge is 0.0914 e. The van der Waals surface area contributed by atoms with E-state index in [4.69, 9.17) is 0 Å². The minimum atomic E-state index is 1.45. The summed E-state index contributed by atoms with van der Waals surface area (Å²) in [5, 5.41) is 2.97. The van der Waals surface area contributed by atoms with Crippen LogP contribution in [0.4, 0.5) is 0 Å². The number of aryl methyl sites for hydroxylation is 4. The molecule has 4 heteroatoms. The summed E-state index contributed by atoms with van der Waals surface area (Å²) in [6, 6.07) is 0. The Labute approximate surface area is 114 Å². The molecule has 0 saturated carbocycles. The first-order chi connectivity index (χ1) is 8.29. The molecule has 2 aromatic carbocycles. The molecule has 0 atom stereocenters. The van der Waals surface area contributed by atoms with Gasteiger partial charge in [-0.15, -0.1) is 0 Å². The van der Waals surface area contributed by atoms with E-state index in [0.29, 0.717) is 0 Å². The molecule has 0 nitrogen and oxygen atoms in total. The maximum absolute atomic E-state index is 2.27. The molecule has 0 aliphatic carbocycles. The van der Waals surface area contributed by atoms with Gasteiger partial charge in [0.2, 0.25) is 0 Å². The molecule has 0 amide bonds. The number of fused-ring (bicyclic) bond motifs is 1. The number of rotatable bonds is 0. The van der Waals surface area contributed by atoms with Crippen molar-refractivity contribution < 1.29 is 0 Å². The minimum Gasteiger partial charge on any atom is -0.0914 e. The molecule has 0 N–H and O–H groups in total. The summed E-state index contributed by atoms with van der Waals surface area (Å²) in [5.41, 5.74) is 11.6. The van der Waals surface area contributed by atoms with Crippen molar-refractivity contribution in [3.63, 3.8) is 0 Å². The van der Waals surface area contributed by atoms with Crippen LogP contribution in [0.5, 0.6) is 0 Å². The topological polar surface area (TPSA) is 0 Å². The number of hydrogen-bond donors (Lipinski definition) is 0. The quantitative estimate of drug-likeness (QED) is 0.427. The lowest BCUT2D eigenvalue weighted by atomic mass is 9.67. The Balaban J connectivity index is 3.22. The van der Waals surface area contributed by atoms with Crippen molar-refractivity contribution in [3.05, 3.63) is 22.3 Å². The van der Waals surface area contributed by atoms with Crippen molar-refractivity contribution in [1.29, 1.82) is 0 Å². The Morgan fingerprint density at radius 2 is 0.611 bits per heavy atom. The highest BCUT2D eigenvalue weighted by Gasteiger charge is 2.15. The summed E-state index contributed by atoms with van der Waals surface area (Å²) in [6.07, 6.45) is 0. The summed E-state index contributed by atoms with van der Waals surface area (Å²) in [4.78, 5) is 0. The maximum Gasteiger partial charge on any atom is 0.138 e. The molecular formula is C14H20B4. The molecule has 0 fully saturated rings. The molecule has 0 saturated heterocycles. The molecule has 0 aliphatic heterocycles. The van der Waals surface area contributed by atoms with Crippen LogP contribution >= 0.6 is 0 Å². The van der Waals surface area contributed by atoms with Crippen LogP contribution in [0, 0.1) is 27.7 Å². The Bertz CT molecular complexity index is 559. The lowest BCUT2D eigenvalue weighted by Gasteiger charge is -2.22. The van der Waals surface area contributed by atoms with Gasteiger partial charge in [0.15, 0.2) is 0 Å². The van der Waals surface area contributed by atoms with Gasteiger partial charge >= 0.3 is 0 Å². The summed E-state index contributed by atoms with van der Waals surface area (Å²) in [5.74, 6) is 0. The van der Waals surface area contributed by atoms with E-state index in [0.717, 1.165) is 0 Å². The summed E-state index contributed by atoms with van der Waals surface area (Å²) >= 11 is 0. The van der Waals surface area contributed by atoms with Gasteiger partial charge in [-0.2, -0.15) is 0 Å². The molecule has 0 aromatic heterocycles. The molecule has 0 bridgehead atoms. The van der Waals surface area contributed by atoms with E-state index in [2.05, 4.69) is 59.1 Å². The first kappa shape index (κ1) is 13.4. The molecule has 0 spiro atoms. The fourth-order valence-corrected chi connectivity index (χ4v) is 3.19. The van der Waals surface area contributed by atoms with E-state index < -0.39 is 0 Å². The van der Waals surface area contributed by atoms with Crippen LogP contribution in [0.25, 0.3) is 10.8 Å². The normalized spacial score (nSPS) is 11.1. The molecule has 18 heavy (non-hydrogen) atoms. The summed E-state index contributed by atoms with van der Waals surface area (Å²) < 4.78 is 0. The molecule has 2 rings (SSSR count). The Hall–Kier alpha value is -1.04. The highest BCUT2D eigenvalue weighted by Crippen LogP contribution is 2.24. The van der Waals surface area contributed by atoms with Crippen LogP contribution in [0.3, 0.4) is 0 Å². The van der Waals surface area contributed by atoms with E-state index in [1.165, 1.54) is 54.9 Å². The average molecular weight is 232 g/mol. The maximum atomic E-state index is 2.27. The lowest BCUT2D eigenvalue weighted by Crippen LogP contribution is -2.36. The standard InChI is InChI=1S/C14H20B4/c1-5-9-6(2)13(17)14(18)8(4)10(9)7(3)12(16)11(5)15/h15-18H2,1-4H3. The van der Waals surface area contributed by atoms with Crippen LogP contribution in [0.2, 0.25) is 0 Å². The van der Waals surface area contributed by atoms with Crippen LogP contribution in [0.1, 0.15) is 22.3 Å². The van der Waals surface area contributed by atoms with Gasteiger partial charge in [0.1, 0.15) is 31.4 Å². The fraction of sp³-hybridized carbons (Fsp3) is 0.286. The molecule has 0 radical (unpaired) electrons. The highest BCUT2D eigenvalue weighted by molar-refractivity contribution is 6.54. The molecule has 0 aliphatic rings. The van der Waals surface area contributed by atoms with Gasteiger partial charge in [-0.3, -0.25) is 0 Å². The van der Waals surface area contributed by atoms with Crippen LogP contribution in [-0.4, -0.2) is 31.4 Å². The van der Waals surface area contributed by atoms with Crippen molar-refractivity contribution in [2.75, 3.05) is 0 Å². The van der Waals surface area contributed by atoms with Crippen LogP contribution in [-0.2, 0) is 0 Å². The Morgan fingerprint density at radius 1 is 0.444 bits per heavy atom. The van der Waals surface area contributed by atoms with Gasteiger partial charge in [-0.25, -0.2) is 0 Å². The van der Waals surface area contributed by atoms with Crippen LogP contribution in [0.15, 0.2) is 0 Å². The fourth-order valence-electron chi connectivity index (χ4n) is 3.19. The Kier molecular flexibility index (Phi) is 3.17. The second kappa shape index (κ2) is 4.26. The average Bonchev–Trinajstić information content (AvgIpc) is 2.35. The zero-order valence-electron chi connectivity index (χ0n) is 13.0. The van der Waals surface area contributed by atoms with E-state index in [1.807, 2.05) is 0 Å². The third-order valence-electron chi connectivity index (χ3n) is 5.12. The summed E-state index contributed by atoms with van der Waals surface area (Å²) in [6.45, 7) is 9.08.